The van der Waals surface area contributed by atoms with Crippen molar-refractivity contribution < 1.29 is 37.1 Å². The third kappa shape index (κ3) is 9.42. The van der Waals surface area contributed by atoms with Gasteiger partial charge in [0.25, 0.3) is 5.91 Å². The van der Waals surface area contributed by atoms with Crippen LogP contribution in [0.5, 0.6) is 5.75 Å². The molecule has 1 N–H and O–H groups in total. The SMILES string of the molecule is CC1(C)C(=O)N(c2ccc(C#N)c(C(F)(F)F)c2)C(=S)N1c1ccc(OCCN2CCN(CC(=O)Cc3cc(CC4CCC(=O)NC4=O)ccc3Cl)CC2)c(Cl)c1. The Bertz CT molecular complexity index is 2150. The maximum Gasteiger partial charge on any atom is 0.417 e. The molecule has 0 aliphatic carbocycles. The molecule has 1 unspecified atom stereocenters. The number of anilines is 2. The van der Waals surface area contributed by atoms with Crippen LogP contribution in [0.4, 0.5) is 24.5 Å². The van der Waals surface area contributed by atoms with Gasteiger partial charge < -0.3 is 9.64 Å². The lowest BCUT2D eigenvalue weighted by Gasteiger charge is -2.34. The topological polar surface area (TPSA) is 126 Å². The molecule has 0 spiro atoms. The number of imide groups is 1. The van der Waals surface area contributed by atoms with Crippen LogP contribution in [0.15, 0.2) is 54.6 Å². The van der Waals surface area contributed by atoms with Gasteiger partial charge in [-0.2, -0.15) is 18.4 Å². The number of hydrogen-bond donors (Lipinski definition) is 1. The van der Waals surface area contributed by atoms with E-state index in [1.54, 1.807) is 38.1 Å². The molecule has 17 heteroatoms. The Kier molecular flexibility index (Phi) is 12.6. The Hall–Kier alpha value is -4.59. The highest BCUT2D eigenvalue weighted by atomic mass is 35.5. The lowest BCUT2D eigenvalue weighted by molar-refractivity contribution is -0.138. The van der Waals surface area contributed by atoms with Crippen LogP contribution in [-0.2, 0) is 38.2 Å². The summed E-state index contributed by atoms with van der Waals surface area (Å²) < 4.78 is 47.1. The van der Waals surface area contributed by atoms with E-state index in [1.807, 2.05) is 12.1 Å². The molecule has 3 amide bonds. The van der Waals surface area contributed by atoms with Gasteiger partial charge in [-0.1, -0.05) is 35.3 Å². The number of ether oxygens (including phenoxy) is 1. The van der Waals surface area contributed by atoms with Crippen molar-refractivity contribution in [3.05, 3.63) is 86.9 Å². The van der Waals surface area contributed by atoms with Gasteiger partial charge in [0, 0.05) is 62.2 Å². The molecule has 3 saturated heterocycles. The van der Waals surface area contributed by atoms with Gasteiger partial charge in [0.1, 0.15) is 17.9 Å². The third-order valence-electron chi connectivity index (χ3n) is 10.4. The summed E-state index contributed by atoms with van der Waals surface area (Å²) in [6.07, 6.45) is -3.37. The van der Waals surface area contributed by atoms with E-state index in [-0.39, 0.29) is 52.3 Å². The summed E-state index contributed by atoms with van der Waals surface area (Å²) in [6, 6.07) is 14.9. The highest BCUT2D eigenvalue weighted by Gasteiger charge is 2.51. The number of ketones is 1. The first-order valence-electron chi connectivity index (χ1n) is 18.3. The molecule has 1 atom stereocenters. The average molecular weight is 844 g/mol. The zero-order chi connectivity index (χ0) is 41.2. The highest BCUT2D eigenvalue weighted by molar-refractivity contribution is 7.81. The van der Waals surface area contributed by atoms with Crippen LogP contribution in [0.3, 0.4) is 0 Å². The monoisotopic (exact) mass is 842 g/mol. The fourth-order valence-corrected chi connectivity index (χ4v) is 8.22. The fraction of sp³-hybridized carbons (Fsp3) is 0.400. The number of alkyl halides is 3. The van der Waals surface area contributed by atoms with Crippen LogP contribution < -0.4 is 19.9 Å². The summed E-state index contributed by atoms with van der Waals surface area (Å²) in [5.74, 6) is -0.948. The Morgan fingerprint density at radius 3 is 2.35 bits per heavy atom. The van der Waals surface area contributed by atoms with Crippen LogP contribution in [0.1, 0.15) is 48.9 Å². The Morgan fingerprint density at radius 2 is 1.68 bits per heavy atom. The van der Waals surface area contributed by atoms with E-state index in [0.29, 0.717) is 67.5 Å². The van der Waals surface area contributed by atoms with Crippen molar-refractivity contribution in [3.63, 3.8) is 0 Å². The second-order valence-corrected chi connectivity index (χ2v) is 15.9. The number of nitriles is 1. The number of rotatable bonds is 12. The van der Waals surface area contributed by atoms with E-state index in [2.05, 4.69) is 15.1 Å². The molecule has 3 aliphatic heterocycles. The predicted octanol–water partition coefficient (Wildman–Crippen LogP) is 6.20. The molecule has 3 fully saturated rings. The van der Waals surface area contributed by atoms with Gasteiger partial charge in [-0.15, -0.1) is 0 Å². The number of halogens is 5. The molecular formula is C40H39Cl2F3N6O5S. The number of nitrogens with one attached hydrogen (secondary N) is 1. The lowest BCUT2D eigenvalue weighted by atomic mass is 9.90. The summed E-state index contributed by atoms with van der Waals surface area (Å²) >= 11 is 18.7. The number of Topliss-reactive ketones (excluding diaryl/α,β-unsaturated/α-hetero) is 1. The number of thiocarbonyl (C=S) groups is 1. The molecule has 3 aliphatic rings. The van der Waals surface area contributed by atoms with Crippen molar-refractivity contribution in [2.75, 3.05) is 55.7 Å². The summed E-state index contributed by atoms with van der Waals surface area (Å²) in [5, 5.41) is 12.3. The minimum atomic E-state index is -4.81. The summed E-state index contributed by atoms with van der Waals surface area (Å²) in [7, 11) is 0. The zero-order valence-corrected chi connectivity index (χ0v) is 33.5. The predicted molar refractivity (Wildman–Crippen MR) is 212 cm³/mol. The number of amides is 3. The van der Waals surface area contributed by atoms with Gasteiger partial charge in [0.2, 0.25) is 11.8 Å². The Morgan fingerprint density at radius 1 is 0.982 bits per heavy atom. The fourth-order valence-electron chi connectivity index (χ4n) is 7.29. The Balaban J connectivity index is 0.984. The number of benzene rings is 3. The van der Waals surface area contributed by atoms with Gasteiger partial charge in [-0.25, -0.2) is 0 Å². The third-order valence-corrected chi connectivity index (χ3v) is 11.4. The largest absolute Gasteiger partial charge is 0.491 e. The van der Waals surface area contributed by atoms with Gasteiger partial charge in [-0.05, 0) is 92.5 Å². The van der Waals surface area contributed by atoms with Crippen molar-refractivity contribution in [2.45, 2.75) is 51.2 Å². The molecule has 3 aromatic carbocycles. The normalized spacial score (nSPS) is 19.2. The number of hydrogen-bond acceptors (Lipinski definition) is 9. The molecule has 11 nitrogen and oxygen atoms in total. The van der Waals surface area contributed by atoms with E-state index < -0.39 is 28.7 Å². The van der Waals surface area contributed by atoms with E-state index in [0.717, 1.165) is 35.7 Å². The molecule has 3 aromatic rings. The van der Waals surface area contributed by atoms with Crippen molar-refractivity contribution in [3.8, 4) is 11.8 Å². The molecule has 0 radical (unpaired) electrons. The molecule has 6 rings (SSSR count). The highest BCUT2D eigenvalue weighted by Crippen LogP contribution is 2.41. The maximum atomic E-state index is 13.7. The first-order valence-corrected chi connectivity index (χ1v) is 19.4. The van der Waals surface area contributed by atoms with E-state index in [1.165, 1.54) is 17.0 Å². The van der Waals surface area contributed by atoms with E-state index >= 15 is 0 Å². The molecule has 0 saturated carbocycles. The molecule has 3 heterocycles. The summed E-state index contributed by atoms with van der Waals surface area (Å²) in [5.41, 5.74) is -1.08. The number of piperidine rings is 1. The van der Waals surface area contributed by atoms with E-state index in [4.69, 9.17) is 40.2 Å². The van der Waals surface area contributed by atoms with E-state index in [9.17, 15) is 37.6 Å². The zero-order valence-electron chi connectivity index (χ0n) is 31.1. The quantitative estimate of drug-likeness (QED) is 0.166. The number of nitrogens with zero attached hydrogens (tertiary/aromatic N) is 5. The van der Waals surface area contributed by atoms with Crippen LogP contribution in [0.25, 0.3) is 0 Å². The van der Waals surface area contributed by atoms with Crippen LogP contribution in [0, 0.1) is 17.2 Å². The van der Waals surface area contributed by atoms with Crippen LogP contribution in [-0.4, -0.2) is 89.8 Å². The number of carbonyl (C=O) groups excluding carboxylic acids is 4. The maximum absolute atomic E-state index is 13.7. The number of piperazine rings is 1. The van der Waals surface area contributed by atoms with Crippen molar-refractivity contribution in [1.82, 2.24) is 15.1 Å². The second-order valence-electron chi connectivity index (χ2n) is 14.7. The van der Waals surface area contributed by atoms with Gasteiger partial charge >= 0.3 is 6.18 Å². The summed E-state index contributed by atoms with van der Waals surface area (Å²) in [6.45, 7) is 7.24. The molecule has 57 heavy (non-hydrogen) atoms. The van der Waals surface area contributed by atoms with Gasteiger partial charge in [0.05, 0.1) is 34.5 Å². The van der Waals surface area contributed by atoms with Crippen molar-refractivity contribution in [2.24, 2.45) is 5.92 Å². The van der Waals surface area contributed by atoms with Gasteiger partial charge in [-0.3, -0.25) is 39.2 Å². The molecular weight excluding hydrogens is 804 g/mol. The smallest absolute Gasteiger partial charge is 0.417 e. The average Bonchev–Trinajstić information content (AvgIpc) is 3.33. The lowest BCUT2D eigenvalue weighted by Crippen LogP contribution is -2.48. The van der Waals surface area contributed by atoms with Crippen molar-refractivity contribution >= 4 is 75.4 Å². The minimum Gasteiger partial charge on any atom is -0.491 e. The molecule has 300 valence electrons. The van der Waals surface area contributed by atoms with Crippen LogP contribution in [0.2, 0.25) is 10.0 Å². The first kappa shape index (κ1) is 42.0. The molecule has 0 bridgehead atoms. The number of carbonyl (C=O) groups is 4. The van der Waals surface area contributed by atoms with Crippen LogP contribution >= 0.6 is 35.4 Å². The Labute approximate surface area is 343 Å². The summed E-state index contributed by atoms with van der Waals surface area (Å²) in [4.78, 5) is 57.2. The minimum absolute atomic E-state index is 0.0323. The standard InChI is InChI=1S/C40H39Cl2F3N6O5S/c1-39(2)37(55)50(28-6-4-26(22-46)31(20-28)40(43,44)45)38(57)51(39)29-7-9-34(33(42)21-29)56-16-15-48-11-13-49(14-12-48)23-30(52)19-27-18-24(3-8-32(27)41)17-25-5-10-35(53)47-36(25)54/h3-4,6-9,18,20-21,25H,5,10-17,19,23H2,1-2H3,(H,47,53,54). The first-order chi connectivity index (χ1) is 27.0. The van der Waals surface area contributed by atoms with Gasteiger partial charge in [0.15, 0.2) is 10.9 Å². The van der Waals surface area contributed by atoms with Crippen molar-refractivity contribution in [1.29, 1.82) is 5.26 Å². The second kappa shape index (κ2) is 17.1. The molecule has 0 aromatic heterocycles.